The van der Waals surface area contributed by atoms with E-state index < -0.39 is 6.04 Å². The van der Waals surface area contributed by atoms with Crippen molar-refractivity contribution in [2.24, 2.45) is 0 Å². The van der Waals surface area contributed by atoms with Crippen LogP contribution in [0.4, 0.5) is 5.69 Å². The van der Waals surface area contributed by atoms with Gasteiger partial charge in [-0.05, 0) is 69.0 Å². The molecular formula is C23H25ClN2O2. The van der Waals surface area contributed by atoms with Crippen LogP contribution in [-0.4, -0.2) is 10.5 Å². The van der Waals surface area contributed by atoms with Gasteiger partial charge < -0.3 is 5.32 Å². The van der Waals surface area contributed by atoms with E-state index in [1.54, 1.807) is 16.7 Å². The van der Waals surface area contributed by atoms with E-state index in [1.165, 1.54) is 0 Å². The molecule has 0 aliphatic carbocycles. The fraction of sp³-hybridized carbons (Fsp3) is 0.304. The second-order valence-corrected chi connectivity index (χ2v) is 7.80. The number of carbonyl (C=O) groups is 1. The lowest BCUT2D eigenvalue weighted by Crippen LogP contribution is -2.33. The number of anilines is 1. The quantitative estimate of drug-likeness (QED) is 0.634. The number of hydrogen-bond acceptors (Lipinski definition) is 2. The average Bonchev–Trinajstić information content (AvgIpc) is 2.61. The molecule has 0 saturated heterocycles. The van der Waals surface area contributed by atoms with Gasteiger partial charge in [-0.15, -0.1) is 0 Å². The second-order valence-electron chi connectivity index (χ2n) is 7.39. The number of nitrogens with zero attached hydrogens (tertiary/aromatic N) is 1. The summed E-state index contributed by atoms with van der Waals surface area (Å²) >= 11 is 6.18. The van der Waals surface area contributed by atoms with Crippen LogP contribution in [0.3, 0.4) is 0 Å². The van der Waals surface area contributed by atoms with Crippen molar-refractivity contribution < 1.29 is 4.79 Å². The van der Waals surface area contributed by atoms with E-state index in [0.717, 1.165) is 33.2 Å². The van der Waals surface area contributed by atoms with E-state index in [2.05, 4.69) is 11.4 Å². The molecule has 3 rings (SSSR count). The molecular weight excluding hydrogens is 372 g/mol. The van der Waals surface area contributed by atoms with Crippen molar-refractivity contribution in [1.82, 2.24) is 4.57 Å². The highest BCUT2D eigenvalue weighted by atomic mass is 35.5. The van der Waals surface area contributed by atoms with E-state index in [9.17, 15) is 9.59 Å². The zero-order valence-corrected chi connectivity index (χ0v) is 17.6. The summed E-state index contributed by atoms with van der Waals surface area (Å²) < 4.78 is 1.63. The van der Waals surface area contributed by atoms with Crippen LogP contribution in [-0.2, 0) is 4.79 Å². The van der Waals surface area contributed by atoms with Crippen LogP contribution >= 0.6 is 11.6 Å². The molecule has 4 nitrogen and oxygen atoms in total. The Hall–Kier alpha value is -2.59. The number of aryl methyl sites for hydroxylation is 4. The minimum atomic E-state index is -0.614. The number of benzene rings is 2. The van der Waals surface area contributed by atoms with Gasteiger partial charge in [-0.2, -0.15) is 0 Å². The van der Waals surface area contributed by atoms with Crippen LogP contribution in [0.5, 0.6) is 0 Å². The molecule has 0 bridgehead atoms. The first-order chi connectivity index (χ1) is 13.2. The number of nitrogens with one attached hydrogen (secondary N) is 1. The van der Waals surface area contributed by atoms with Gasteiger partial charge in [-0.1, -0.05) is 36.2 Å². The molecule has 5 heteroatoms. The lowest BCUT2D eigenvalue weighted by Gasteiger charge is -2.22. The Bertz CT molecular complexity index is 1130. The number of halogens is 1. The molecule has 1 N–H and O–H groups in total. The van der Waals surface area contributed by atoms with E-state index in [-0.39, 0.29) is 11.5 Å². The van der Waals surface area contributed by atoms with Crippen molar-refractivity contribution in [2.75, 3.05) is 5.32 Å². The van der Waals surface area contributed by atoms with Gasteiger partial charge in [0.1, 0.15) is 6.04 Å². The van der Waals surface area contributed by atoms with Crippen LogP contribution in [0.15, 0.2) is 41.2 Å². The van der Waals surface area contributed by atoms with Crippen LogP contribution < -0.4 is 10.9 Å². The summed E-state index contributed by atoms with van der Waals surface area (Å²) in [5, 5.41) is 4.51. The highest BCUT2D eigenvalue weighted by Crippen LogP contribution is 2.27. The first-order valence-electron chi connectivity index (χ1n) is 9.43. The summed E-state index contributed by atoms with van der Waals surface area (Å²) in [6.07, 6.45) is 0.497. The highest BCUT2D eigenvalue weighted by molar-refractivity contribution is 6.31. The fourth-order valence-corrected chi connectivity index (χ4v) is 3.89. The smallest absolute Gasteiger partial charge is 0.252 e. The third-order valence-corrected chi connectivity index (χ3v) is 5.54. The van der Waals surface area contributed by atoms with Crippen molar-refractivity contribution in [3.05, 3.63) is 74.0 Å². The molecule has 1 amide bonds. The molecule has 0 aliphatic rings. The van der Waals surface area contributed by atoms with E-state index in [4.69, 9.17) is 11.6 Å². The Morgan fingerprint density at radius 1 is 1.04 bits per heavy atom. The number of fused-ring (bicyclic) bond motifs is 1. The van der Waals surface area contributed by atoms with Crippen molar-refractivity contribution in [2.45, 2.75) is 47.1 Å². The summed E-state index contributed by atoms with van der Waals surface area (Å²) in [4.78, 5) is 26.0. The maximum atomic E-state index is 13.1. The van der Waals surface area contributed by atoms with Gasteiger partial charge in [0.25, 0.3) is 5.56 Å². The van der Waals surface area contributed by atoms with Gasteiger partial charge in [0.15, 0.2) is 0 Å². The fourth-order valence-electron chi connectivity index (χ4n) is 3.71. The number of hydrogen-bond donors (Lipinski definition) is 1. The molecule has 1 aromatic heterocycles. The van der Waals surface area contributed by atoms with E-state index >= 15 is 0 Å². The Labute approximate surface area is 170 Å². The molecule has 0 radical (unpaired) electrons. The molecule has 3 aromatic rings. The minimum absolute atomic E-state index is 0.166. The summed E-state index contributed by atoms with van der Waals surface area (Å²) in [5.74, 6) is -0.227. The molecule has 146 valence electrons. The van der Waals surface area contributed by atoms with Crippen molar-refractivity contribution >= 4 is 34.1 Å². The standard InChI is InChI=1S/C23H25ClN2O2/c1-6-20(23(28)25-17-8-7-14(3)19(24)12-17)26-21(27)11-15(4)18-10-13(2)9-16(5)22(18)26/h7-12,20H,6H2,1-5H3,(H,25,28). The number of pyridine rings is 1. The van der Waals surface area contributed by atoms with Crippen molar-refractivity contribution in [3.8, 4) is 0 Å². The lowest BCUT2D eigenvalue weighted by molar-refractivity contribution is -0.119. The number of carbonyl (C=O) groups excluding carboxylic acids is 1. The van der Waals surface area contributed by atoms with Crippen LogP contribution in [0.1, 0.15) is 41.6 Å². The third kappa shape index (κ3) is 3.69. The normalized spacial score (nSPS) is 12.2. The van der Waals surface area contributed by atoms with Crippen LogP contribution in [0.2, 0.25) is 5.02 Å². The molecule has 0 aliphatic heterocycles. The Morgan fingerprint density at radius 3 is 2.39 bits per heavy atom. The van der Waals surface area contributed by atoms with E-state index in [0.29, 0.717) is 17.1 Å². The van der Waals surface area contributed by atoms with E-state index in [1.807, 2.05) is 52.8 Å². The number of aromatic nitrogens is 1. The zero-order chi connectivity index (χ0) is 20.6. The van der Waals surface area contributed by atoms with Gasteiger partial charge in [-0.3, -0.25) is 14.2 Å². The molecule has 1 unspecified atom stereocenters. The molecule has 2 aromatic carbocycles. The summed E-state index contributed by atoms with van der Waals surface area (Å²) in [6.45, 7) is 9.77. The molecule has 1 heterocycles. The zero-order valence-electron chi connectivity index (χ0n) is 16.9. The van der Waals surface area contributed by atoms with Gasteiger partial charge >= 0.3 is 0 Å². The monoisotopic (exact) mass is 396 g/mol. The highest BCUT2D eigenvalue weighted by Gasteiger charge is 2.23. The molecule has 28 heavy (non-hydrogen) atoms. The SMILES string of the molecule is CCC(C(=O)Nc1ccc(C)c(Cl)c1)n1c(=O)cc(C)c2cc(C)cc(C)c21. The molecule has 0 saturated carbocycles. The van der Waals surface area contributed by atoms with Crippen LogP contribution in [0, 0.1) is 27.7 Å². The predicted octanol–water partition coefficient (Wildman–Crippen LogP) is 5.48. The average molecular weight is 397 g/mol. The van der Waals surface area contributed by atoms with Crippen molar-refractivity contribution in [3.63, 3.8) is 0 Å². The number of amides is 1. The molecule has 1 atom stereocenters. The Morgan fingerprint density at radius 2 is 1.75 bits per heavy atom. The minimum Gasteiger partial charge on any atom is -0.324 e. The number of rotatable bonds is 4. The predicted molar refractivity (Wildman–Crippen MR) is 117 cm³/mol. The Kier molecular flexibility index (Phi) is 5.61. The van der Waals surface area contributed by atoms with Crippen LogP contribution in [0.25, 0.3) is 10.9 Å². The second kappa shape index (κ2) is 7.80. The molecule has 0 fully saturated rings. The lowest BCUT2D eigenvalue weighted by atomic mass is 10.0. The maximum Gasteiger partial charge on any atom is 0.252 e. The van der Waals surface area contributed by atoms with Crippen molar-refractivity contribution in [1.29, 1.82) is 0 Å². The van der Waals surface area contributed by atoms with Gasteiger partial charge in [0.2, 0.25) is 5.91 Å². The first kappa shape index (κ1) is 20.2. The summed E-state index contributed by atoms with van der Waals surface area (Å²) in [6, 6.07) is 10.5. The summed E-state index contributed by atoms with van der Waals surface area (Å²) in [5.41, 5.74) is 5.25. The topological polar surface area (TPSA) is 51.1 Å². The molecule has 0 spiro atoms. The Balaban J connectivity index is 2.12. The third-order valence-electron chi connectivity index (χ3n) is 5.13. The summed E-state index contributed by atoms with van der Waals surface area (Å²) in [7, 11) is 0. The maximum absolute atomic E-state index is 13.1. The largest absolute Gasteiger partial charge is 0.324 e. The van der Waals surface area contributed by atoms with Gasteiger partial charge in [-0.25, -0.2) is 0 Å². The first-order valence-corrected chi connectivity index (χ1v) is 9.80. The van der Waals surface area contributed by atoms with Gasteiger partial charge in [0, 0.05) is 22.2 Å². The van der Waals surface area contributed by atoms with Gasteiger partial charge in [0.05, 0.1) is 5.52 Å².